The van der Waals surface area contributed by atoms with Gasteiger partial charge in [-0.1, -0.05) is 12.1 Å². The van der Waals surface area contributed by atoms with Crippen molar-refractivity contribution in [3.63, 3.8) is 0 Å². The Morgan fingerprint density at radius 3 is 2.76 bits per heavy atom. The van der Waals surface area contributed by atoms with Crippen molar-refractivity contribution in [1.29, 1.82) is 0 Å². The third-order valence-corrected chi connectivity index (χ3v) is 4.69. The molecular formula is C16H25N3O2. The van der Waals surface area contributed by atoms with E-state index in [1.165, 1.54) is 6.42 Å². The third-order valence-electron chi connectivity index (χ3n) is 4.69. The van der Waals surface area contributed by atoms with Gasteiger partial charge in [-0.25, -0.2) is 0 Å². The van der Waals surface area contributed by atoms with Gasteiger partial charge in [0, 0.05) is 30.3 Å². The van der Waals surface area contributed by atoms with Crippen molar-refractivity contribution in [2.24, 2.45) is 11.7 Å². The molecule has 0 aromatic heterocycles. The van der Waals surface area contributed by atoms with Crippen LogP contribution < -0.4 is 5.73 Å². The molecule has 0 bridgehead atoms. The number of aryl methyl sites for hydroxylation is 1. The molecule has 0 spiro atoms. The Hall–Kier alpha value is -1.46. The number of nitro groups is 1. The predicted molar refractivity (Wildman–Crippen MR) is 84.2 cm³/mol. The Morgan fingerprint density at radius 2 is 2.14 bits per heavy atom. The van der Waals surface area contributed by atoms with Crippen LogP contribution in [-0.2, 0) is 0 Å². The van der Waals surface area contributed by atoms with E-state index in [2.05, 4.69) is 18.7 Å². The summed E-state index contributed by atoms with van der Waals surface area (Å²) in [7, 11) is 0. The van der Waals surface area contributed by atoms with E-state index in [4.69, 9.17) is 5.73 Å². The van der Waals surface area contributed by atoms with Gasteiger partial charge in [0.1, 0.15) is 0 Å². The molecule has 1 saturated heterocycles. The summed E-state index contributed by atoms with van der Waals surface area (Å²) in [6.07, 6.45) is 2.32. The molecule has 1 aliphatic rings. The molecule has 2 N–H and O–H groups in total. The van der Waals surface area contributed by atoms with E-state index in [1.54, 1.807) is 13.0 Å². The first-order chi connectivity index (χ1) is 9.90. The molecule has 0 aliphatic carbocycles. The van der Waals surface area contributed by atoms with Crippen LogP contribution in [0.3, 0.4) is 0 Å². The average Bonchev–Trinajstić information content (AvgIpc) is 2.46. The van der Waals surface area contributed by atoms with Gasteiger partial charge in [-0.15, -0.1) is 0 Å². The van der Waals surface area contributed by atoms with Gasteiger partial charge in [0.15, 0.2) is 0 Å². The Morgan fingerprint density at radius 1 is 1.43 bits per heavy atom. The fraction of sp³-hybridized carbons (Fsp3) is 0.625. The lowest BCUT2D eigenvalue weighted by atomic mass is 9.90. The maximum atomic E-state index is 11.1. The smallest absolute Gasteiger partial charge is 0.272 e. The lowest BCUT2D eigenvalue weighted by Gasteiger charge is -2.38. The lowest BCUT2D eigenvalue weighted by molar-refractivity contribution is -0.385. The van der Waals surface area contributed by atoms with Crippen molar-refractivity contribution >= 4 is 5.69 Å². The number of piperidine rings is 1. The molecule has 0 radical (unpaired) electrons. The molecule has 1 aromatic rings. The van der Waals surface area contributed by atoms with Crippen molar-refractivity contribution in [1.82, 2.24) is 4.90 Å². The molecule has 3 unspecified atom stereocenters. The molecule has 1 aliphatic heterocycles. The van der Waals surface area contributed by atoms with E-state index in [9.17, 15) is 10.1 Å². The first-order valence-corrected chi connectivity index (χ1v) is 7.64. The first kappa shape index (κ1) is 15.9. The summed E-state index contributed by atoms with van der Waals surface area (Å²) < 4.78 is 0. The van der Waals surface area contributed by atoms with Gasteiger partial charge in [0.05, 0.1) is 4.92 Å². The Balaban J connectivity index is 2.17. The minimum Gasteiger partial charge on any atom is -0.328 e. The van der Waals surface area contributed by atoms with Gasteiger partial charge in [0.2, 0.25) is 0 Å². The molecule has 116 valence electrons. The Labute approximate surface area is 126 Å². The minimum atomic E-state index is -0.299. The second-order valence-corrected chi connectivity index (χ2v) is 6.24. The topological polar surface area (TPSA) is 72.4 Å². The second kappa shape index (κ2) is 6.54. The van der Waals surface area contributed by atoms with Crippen LogP contribution in [0.1, 0.15) is 43.9 Å². The molecular weight excluding hydrogens is 266 g/mol. The van der Waals surface area contributed by atoms with Crippen LogP contribution in [0.25, 0.3) is 0 Å². The van der Waals surface area contributed by atoms with Crippen LogP contribution in [-0.4, -0.2) is 29.0 Å². The largest absolute Gasteiger partial charge is 0.328 e. The van der Waals surface area contributed by atoms with Gasteiger partial charge < -0.3 is 5.73 Å². The fourth-order valence-electron chi connectivity index (χ4n) is 3.12. The van der Waals surface area contributed by atoms with Crippen molar-refractivity contribution in [3.8, 4) is 0 Å². The molecule has 5 nitrogen and oxygen atoms in total. The highest BCUT2D eigenvalue weighted by Gasteiger charge is 2.27. The molecule has 3 atom stereocenters. The standard InChI is InChI=1S/C16H25N3O2/c1-11-6-7-14(9-16(11)19(20)21)13(3)18-8-4-5-15(10-18)12(2)17/h6-7,9,12-13,15H,4-5,8,10,17H2,1-3H3. The van der Waals surface area contributed by atoms with Gasteiger partial charge in [-0.05, 0) is 51.6 Å². The van der Waals surface area contributed by atoms with E-state index >= 15 is 0 Å². The minimum absolute atomic E-state index is 0.186. The highest BCUT2D eigenvalue weighted by atomic mass is 16.6. The Bertz CT molecular complexity index is 516. The number of hydrogen-bond donors (Lipinski definition) is 1. The first-order valence-electron chi connectivity index (χ1n) is 7.64. The maximum Gasteiger partial charge on any atom is 0.272 e. The van der Waals surface area contributed by atoms with E-state index < -0.39 is 0 Å². The molecule has 5 heteroatoms. The number of rotatable bonds is 4. The summed E-state index contributed by atoms with van der Waals surface area (Å²) in [4.78, 5) is 13.2. The number of nitrogens with zero attached hydrogens (tertiary/aromatic N) is 2. The van der Waals surface area contributed by atoms with Crippen molar-refractivity contribution in [2.45, 2.75) is 45.7 Å². The third kappa shape index (κ3) is 3.60. The number of nitro benzene ring substituents is 1. The zero-order valence-corrected chi connectivity index (χ0v) is 13.1. The van der Waals surface area contributed by atoms with Crippen molar-refractivity contribution in [3.05, 3.63) is 39.4 Å². The number of nitrogens with two attached hydrogens (primary N) is 1. The predicted octanol–water partition coefficient (Wildman–Crippen LogP) is 3.02. The number of likely N-dealkylation sites (tertiary alicyclic amines) is 1. The summed E-state index contributed by atoms with van der Waals surface area (Å²) in [5.41, 5.74) is 7.97. The van der Waals surface area contributed by atoms with Crippen molar-refractivity contribution < 1.29 is 4.92 Å². The van der Waals surface area contributed by atoms with E-state index in [0.29, 0.717) is 11.5 Å². The maximum absolute atomic E-state index is 11.1. The van der Waals surface area contributed by atoms with Crippen molar-refractivity contribution in [2.75, 3.05) is 13.1 Å². The molecule has 0 saturated carbocycles. The van der Waals surface area contributed by atoms with Crippen LogP contribution in [0.15, 0.2) is 18.2 Å². The van der Waals surface area contributed by atoms with Crippen LogP contribution >= 0.6 is 0 Å². The highest BCUT2D eigenvalue weighted by molar-refractivity contribution is 5.43. The summed E-state index contributed by atoms with van der Waals surface area (Å²) in [5.74, 6) is 0.515. The van der Waals surface area contributed by atoms with Gasteiger partial charge >= 0.3 is 0 Å². The molecule has 1 heterocycles. The molecule has 2 rings (SSSR count). The second-order valence-electron chi connectivity index (χ2n) is 6.24. The molecule has 21 heavy (non-hydrogen) atoms. The molecule has 0 amide bonds. The van der Waals surface area contributed by atoms with E-state index in [1.807, 2.05) is 12.1 Å². The number of hydrogen-bond acceptors (Lipinski definition) is 4. The van der Waals surface area contributed by atoms with Gasteiger partial charge in [-0.3, -0.25) is 15.0 Å². The van der Waals surface area contributed by atoms with E-state index in [0.717, 1.165) is 25.1 Å². The van der Waals surface area contributed by atoms with Crippen LogP contribution in [0.4, 0.5) is 5.69 Å². The summed E-state index contributed by atoms with van der Waals surface area (Å²) in [6.45, 7) is 7.97. The fourth-order valence-corrected chi connectivity index (χ4v) is 3.12. The number of benzene rings is 1. The summed E-state index contributed by atoms with van der Waals surface area (Å²) in [6, 6.07) is 5.95. The quantitative estimate of drug-likeness (QED) is 0.683. The summed E-state index contributed by atoms with van der Waals surface area (Å²) in [5, 5.41) is 11.1. The van der Waals surface area contributed by atoms with Gasteiger partial charge in [-0.2, -0.15) is 0 Å². The zero-order chi connectivity index (χ0) is 15.6. The summed E-state index contributed by atoms with van der Waals surface area (Å²) >= 11 is 0. The van der Waals surface area contributed by atoms with E-state index in [-0.39, 0.29) is 22.7 Å². The van der Waals surface area contributed by atoms with Crippen LogP contribution in [0.5, 0.6) is 0 Å². The molecule has 1 fully saturated rings. The SMILES string of the molecule is Cc1ccc(C(C)N2CCCC(C(C)N)C2)cc1[N+](=O)[O-]. The Kier molecular flexibility index (Phi) is 4.96. The molecule has 1 aromatic carbocycles. The monoisotopic (exact) mass is 291 g/mol. The van der Waals surface area contributed by atoms with Gasteiger partial charge in [0.25, 0.3) is 5.69 Å². The highest BCUT2D eigenvalue weighted by Crippen LogP contribution is 2.30. The van der Waals surface area contributed by atoms with Crippen LogP contribution in [0.2, 0.25) is 0 Å². The zero-order valence-electron chi connectivity index (χ0n) is 13.1. The van der Waals surface area contributed by atoms with Crippen LogP contribution in [0, 0.1) is 23.0 Å². The normalized spacial score (nSPS) is 22.8. The average molecular weight is 291 g/mol. The lowest BCUT2D eigenvalue weighted by Crippen LogP contribution is -2.43.